The van der Waals surface area contributed by atoms with Crippen molar-refractivity contribution >= 4 is 0 Å². The summed E-state index contributed by atoms with van der Waals surface area (Å²) in [5.41, 5.74) is 0.484. The van der Waals surface area contributed by atoms with Crippen molar-refractivity contribution in [2.45, 2.75) is 38.3 Å². The normalized spacial score (nSPS) is 26.1. The predicted molar refractivity (Wildman–Crippen MR) is 82.2 cm³/mol. The number of hydrogen-bond donors (Lipinski definition) is 1. The van der Waals surface area contributed by atoms with Gasteiger partial charge in [0.25, 0.3) is 0 Å². The fourth-order valence-electron chi connectivity index (χ4n) is 3.32. The topological polar surface area (TPSA) is 39.1 Å². The Morgan fingerprint density at radius 3 is 2.55 bits per heavy atom. The number of nitrogens with one attached hydrogen (secondary N) is 1. The third kappa shape index (κ3) is 3.03. The van der Waals surface area contributed by atoms with Gasteiger partial charge in [-0.05, 0) is 38.3 Å². The second-order valence-corrected chi connectivity index (χ2v) is 6.07. The molecular formula is C17H25N3. The van der Waals surface area contributed by atoms with E-state index in [0.29, 0.717) is 6.04 Å². The predicted octanol–water partition coefficient (Wildman–Crippen LogP) is 2.75. The van der Waals surface area contributed by atoms with E-state index < -0.39 is 5.54 Å². The maximum Gasteiger partial charge on any atom is 0.133 e. The Hall–Kier alpha value is -1.37. The molecule has 0 radical (unpaired) electrons. The lowest BCUT2D eigenvalue weighted by Crippen LogP contribution is -2.42. The minimum absolute atomic E-state index is 0.577. The fraction of sp³-hybridized carbons (Fsp3) is 0.588. The first-order valence-electron chi connectivity index (χ1n) is 7.51. The van der Waals surface area contributed by atoms with Crippen molar-refractivity contribution in [3.63, 3.8) is 0 Å². The van der Waals surface area contributed by atoms with Gasteiger partial charge < -0.3 is 4.90 Å². The second kappa shape index (κ2) is 6.39. The number of hydrogen-bond acceptors (Lipinski definition) is 3. The molecular weight excluding hydrogens is 246 g/mol. The molecule has 1 aliphatic rings. The molecule has 1 saturated heterocycles. The Morgan fingerprint density at radius 2 is 2.05 bits per heavy atom. The van der Waals surface area contributed by atoms with Gasteiger partial charge in [0.2, 0.25) is 0 Å². The van der Waals surface area contributed by atoms with Crippen molar-refractivity contribution in [2.24, 2.45) is 5.92 Å². The fourth-order valence-corrected chi connectivity index (χ4v) is 3.32. The van der Waals surface area contributed by atoms with E-state index in [1.807, 2.05) is 37.4 Å². The van der Waals surface area contributed by atoms with Crippen LogP contribution in [-0.2, 0) is 5.54 Å². The quantitative estimate of drug-likeness (QED) is 0.895. The van der Waals surface area contributed by atoms with Crippen molar-refractivity contribution in [1.82, 2.24) is 10.2 Å². The Balaban J connectivity index is 2.09. The van der Waals surface area contributed by atoms with E-state index in [1.165, 1.54) is 6.42 Å². The minimum Gasteiger partial charge on any atom is -0.300 e. The molecule has 1 aromatic carbocycles. The number of nitriles is 1. The van der Waals surface area contributed by atoms with Crippen LogP contribution >= 0.6 is 0 Å². The summed E-state index contributed by atoms with van der Waals surface area (Å²) in [6.07, 6.45) is 2.09. The van der Waals surface area contributed by atoms with Crippen LogP contribution in [0.1, 0.15) is 32.3 Å². The van der Waals surface area contributed by atoms with E-state index in [2.05, 4.69) is 30.1 Å². The van der Waals surface area contributed by atoms with Gasteiger partial charge in [0, 0.05) is 19.1 Å². The van der Waals surface area contributed by atoms with Gasteiger partial charge in [0.1, 0.15) is 5.54 Å². The lowest BCUT2D eigenvalue weighted by atomic mass is 9.88. The third-order valence-corrected chi connectivity index (χ3v) is 4.57. The molecule has 3 heteroatoms. The summed E-state index contributed by atoms with van der Waals surface area (Å²) in [7, 11) is 1.88. The van der Waals surface area contributed by atoms with Crippen LogP contribution < -0.4 is 5.32 Å². The van der Waals surface area contributed by atoms with E-state index in [4.69, 9.17) is 0 Å². The summed E-state index contributed by atoms with van der Waals surface area (Å²) in [6, 6.07) is 13.2. The van der Waals surface area contributed by atoms with E-state index >= 15 is 0 Å². The molecule has 0 aliphatic carbocycles. The molecule has 1 aliphatic heterocycles. The van der Waals surface area contributed by atoms with Gasteiger partial charge in [-0.15, -0.1) is 0 Å². The van der Waals surface area contributed by atoms with E-state index in [-0.39, 0.29) is 0 Å². The van der Waals surface area contributed by atoms with Crippen molar-refractivity contribution in [3.05, 3.63) is 35.9 Å². The SMILES string of the molecule is CNC(C#N)(CCN1CC(C)CC1C)c1ccccc1. The summed E-state index contributed by atoms with van der Waals surface area (Å²) < 4.78 is 0. The van der Waals surface area contributed by atoms with Crippen molar-refractivity contribution in [3.8, 4) is 6.07 Å². The molecule has 1 N–H and O–H groups in total. The van der Waals surface area contributed by atoms with Crippen LogP contribution in [0.4, 0.5) is 0 Å². The van der Waals surface area contributed by atoms with E-state index in [0.717, 1.165) is 31.0 Å². The zero-order valence-corrected chi connectivity index (χ0v) is 12.8. The molecule has 1 fully saturated rings. The number of benzene rings is 1. The molecule has 3 atom stereocenters. The van der Waals surface area contributed by atoms with Crippen LogP contribution in [0, 0.1) is 17.2 Å². The molecule has 108 valence electrons. The molecule has 1 aromatic rings. The first-order valence-corrected chi connectivity index (χ1v) is 7.51. The molecule has 2 rings (SSSR count). The monoisotopic (exact) mass is 271 g/mol. The van der Waals surface area contributed by atoms with Crippen molar-refractivity contribution in [2.75, 3.05) is 20.1 Å². The number of likely N-dealkylation sites (tertiary alicyclic amines) is 1. The first-order chi connectivity index (χ1) is 9.61. The summed E-state index contributed by atoms with van der Waals surface area (Å²) in [5.74, 6) is 0.771. The van der Waals surface area contributed by atoms with Crippen LogP contribution in [0.25, 0.3) is 0 Å². The molecule has 0 amide bonds. The van der Waals surface area contributed by atoms with Gasteiger partial charge >= 0.3 is 0 Å². The molecule has 3 unspecified atom stereocenters. The average Bonchev–Trinajstić information content (AvgIpc) is 2.80. The molecule has 3 nitrogen and oxygen atoms in total. The Bertz CT molecular complexity index is 465. The van der Waals surface area contributed by atoms with Gasteiger partial charge in [0.15, 0.2) is 0 Å². The molecule has 20 heavy (non-hydrogen) atoms. The van der Waals surface area contributed by atoms with Crippen LogP contribution in [0.15, 0.2) is 30.3 Å². The Labute approximate surface area is 122 Å². The summed E-state index contributed by atoms with van der Waals surface area (Å²) in [5, 5.41) is 12.9. The molecule has 0 bridgehead atoms. The Kier molecular flexibility index (Phi) is 4.80. The summed E-state index contributed by atoms with van der Waals surface area (Å²) in [6.45, 7) is 6.72. The van der Waals surface area contributed by atoms with Gasteiger partial charge in [0.05, 0.1) is 6.07 Å². The van der Waals surface area contributed by atoms with Gasteiger partial charge in [-0.1, -0.05) is 37.3 Å². The highest BCUT2D eigenvalue weighted by atomic mass is 15.2. The highest BCUT2D eigenvalue weighted by Gasteiger charge is 2.33. The lowest BCUT2D eigenvalue weighted by molar-refractivity contribution is 0.235. The second-order valence-electron chi connectivity index (χ2n) is 6.07. The highest BCUT2D eigenvalue weighted by molar-refractivity contribution is 5.31. The zero-order chi connectivity index (χ0) is 14.6. The van der Waals surface area contributed by atoms with Crippen LogP contribution in [0.2, 0.25) is 0 Å². The maximum absolute atomic E-state index is 9.69. The minimum atomic E-state index is -0.577. The zero-order valence-electron chi connectivity index (χ0n) is 12.8. The maximum atomic E-state index is 9.69. The van der Waals surface area contributed by atoms with E-state index in [1.54, 1.807) is 0 Å². The number of rotatable bonds is 5. The van der Waals surface area contributed by atoms with Gasteiger partial charge in [-0.3, -0.25) is 5.32 Å². The molecule has 0 saturated carbocycles. The van der Waals surface area contributed by atoms with Crippen molar-refractivity contribution in [1.29, 1.82) is 5.26 Å². The standard InChI is InChI=1S/C17H25N3/c1-14-11-15(2)20(12-14)10-9-17(13-18,19-3)16-7-5-4-6-8-16/h4-8,14-15,19H,9-12H2,1-3H3. The first kappa shape index (κ1) is 15.0. The third-order valence-electron chi connectivity index (χ3n) is 4.57. The van der Waals surface area contributed by atoms with Gasteiger partial charge in [-0.2, -0.15) is 5.26 Å². The van der Waals surface area contributed by atoms with Crippen molar-refractivity contribution < 1.29 is 0 Å². The number of nitrogens with zero attached hydrogens (tertiary/aromatic N) is 2. The van der Waals surface area contributed by atoms with Crippen LogP contribution in [0.5, 0.6) is 0 Å². The highest BCUT2D eigenvalue weighted by Crippen LogP contribution is 2.28. The summed E-state index contributed by atoms with van der Waals surface area (Å²) in [4.78, 5) is 2.51. The average molecular weight is 271 g/mol. The van der Waals surface area contributed by atoms with Crippen LogP contribution in [-0.4, -0.2) is 31.1 Å². The molecule has 0 spiro atoms. The summed E-state index contributed by atoms with van der Waals surface area (Å²) >= 11 is 0. The largest absolute Gasteiger partial charge is 0.300 e. The molecule has 1 heterocycles. The smallest absolute Gasteiger partial charge is 0.133 e. The molecule has 0 aromatic heterocycles. The lowest BCUT2D eigenvalue weighted by Gasteiger charge is -2.30. The Morgan fingerprint density at radius 1 is 1.35 bits per heavy atom. The van der Waals surface area contributed by atoms with Gasteiger partial charge in [-0.25, -0.2) is 0 Å². The van der Waals surface area contributed by atoms with E-state index in [9.17, 15) is 5.26 Å². The van der Waals surface area contributed by atoms with Crippen LogP contribution in [0.3, 0.4) is 0 Å².